The molecule has 19 heavy (non-hydrogen) atoms. The van der Waals surface area contributed by atoms with Gasteiger partial charge in [0.15, 0.2) is 0 Å². The summed E-state index contributed by atoms with van der Waals surface area (Å²) in [5, 5.41) is 15.0. The third-order valence-electron chi connectivity index (χ3n) is 3.61. The molecule has 0 spiro atoms. The lowest BCUT2D eigenvalue weighted by Gasteiger charge is -2.34. The molecule has 0 radical (unpaired) electrons. The molecule has 0 aliphatic carbocycles. The first-order valence-corrected chi connectivity index (χ1v) is 6.87. The van der Waals surface area contributed by atoms with Gasteiger partial charge in [0.1, 0.15) is 0 Å². The quantitative estimate of drug-likeness (QED) is 0.693. The largest absolute Gasteiger partial charge is 0.481 e. The van der Waals surface area contributed by atoms with Crippen molar-refractivity contribution in [2.45, 2.75) is 39.7 Å². The molecule has 0 saturated carbocycles. The van der Waals surface area contributed by atoms with Gasteiger partial charge in [0, 0.05) is 19.1 Å². The number of nitrogens with one attached hydrogen (secondary N) is 2. The monoisotopic (exact) mass is 271 g/mol. The predicted molar refractivity (Wildman–Crippen MR) is 73.1 cm³/mol. The van der Waals surface area contributed by atoms with Crippen LogP contribution in [0.15, 0.2) is 0 Å². The second-order valence-electron chi connectivity index (χ2n) is 5.61. The maximum atomic E-state index is 12.1. The van der Waals surface area contributed by atoms with Gasteiger partial charge in [0.05, 0.1) is 5.41 Å². The van der Waals surface area contributed by atoms with Gasteiger partial charge in [-0.05, 0) is 46.7 Å². The molecular formula is C13H25N3O3. The molecule has 0 aromatic heterocycles. The molecule has 6 nitrogen and oxygen atoms in total. The highest BCUT2D eigenvalue weighted by Gasteiger charge is 2.30. The van der Waals surface area contributed by atoms with Crippen molar-refractivity contribution < 1.29 is 14.7 Å². The fourth-order valence-electron chi connectivity index (χ4n) is 2.16. The summed E-state index contributed by atoms with van der Waals surface area (Å²) in [6, 6.07) is 0.0860. The number of carboxylic acids is 1. The van der Waals surface area contributed by atoms with Gasteiger partial charge < -0.3 is 20.6 Å². The van der Waals surface area contributed by atoms with Crippen LogP contribution in [0.1, 0.15) is 33.6 Å². The summed E-state index contributed by atoms with van der Waals surface area (Å²) in [7, 11) is 0. The zero-order chi connectivity index (χ0) is 14.5. The molecule has 3 N–H and O–H groups in total. The van der Waals surface area contributed by atoms with Crippen molar-refractivity contribution in [3.63, 3.8) is 0 Å². The standard InChI is InChI=1S/C13H25N3O3/c1-4-16(10-5-7-14-8-6-10)12(19)15-9-13(2,3)11(17)18/h10,14H,4-9H2,1-3H3,(H,15,19)(H,17,18). The number of urea groups is 1. The Morgan fingerprint density at radius 3 is 2.42 bits per heavy atom. The van der Waals surface area contributed by atoms with Crippen LogP contribution in [-0.2, 0) is 4.79 Å². The summed E-state index contributed by atoms with van der Waals surface area (Å²) in [6.07, 6.45) is 1.90. The highest BCUT2D eigenvalue weighted by molar-refractivity contribution is 5.77. The molecular weight excluding hydrogens is 246 g/mol. The Hall–Kier alpha value is -1.30. The van der Waals surface area contributed by atoms with Gasteiger partial charge in [0.25, 0.3) is 0 Å². The highest BCUT2D eigenvalue weighted by atomic mass is 16.4. The maximum absolute atomic E-state index is 12.1. The zero-order valence-electron chi connectivity index (χ0n) is 12.0. The SMILES string of the molecule is CCN(C(=O)NCC(C)(C)C(=O)O)C1CCNCC1. The average molecular weight is 271 g/mol. The molecule has 0 aromatic carbocycles. The van der Waals surface area contributed by atoms with E-state index in [9.17, 15) is 9.59 Å². The normalized spacial score (nSPS) is 17.0. The first kappa shape index (κ1) is 15.8. The van der Waals surface area contributed by atoms with Crippen molar-refractivity contribution >= 4 is 12.0 Å². The number of nitrogens with zero attached hydrogens (tertiary/aromatic N) is 1. The van der Waals surface area contributed by atoms with E-state index in [4.69, 9.17) is 5.11 Å². The van der Waals surface area contributed by atoms with Gasteiger partial charge in [-0.2, -0.15) is 0 Å². The van der Waals surface area contributed by atoms with E-state index in [2.05, 4.69) is 10.6 Å². The van der Waals surface area contributed by atoms with Crippen LogP contribution in [0.4, 0.5) is 4.79 Å². The van der Waals surface area contributed by atoms with Crippen LogP contribution in [0.3, 0.4) is 0 Å². The van der Waals surface area contributed by atoms with E-state index in [0.717, 1.165) is 25.9 Å². The third-order valence-corrected chi connectivity index (χ3v) is 3.61. The molecule has 6 heteroatoms. The van der Waals surface area contributed by atoms with Crippen LogP contribution < -0.4 is 10.6 Å². The van der Waals surface area contributed by atoms with Gasteiger partial charge in [-0.3, -0.25) is 4.79 Å². The van der Waals surface area contributed by atoms with Gasteiger partial charge in [-0.25, -0.2) is 4.79 Å². The molecule has 0 unspecified atom stereocenters. The lowest BCUT2D eigenvalue weighted by atomic mass is 9.94. The Morgan fingerprint density at radius 2 is 1.95 bits per heavy atom. The molecule has 1 rings (SSSR count). The Morgan fingerprint density at radius 1 is 1.37 bits per heavy atom. The van der Waals surface area contributed by atoms with E-state index in [1.165, 1.54) is 0 Å². The fraction of sp³-hybridized carbons (Fsp3) is 0.846. The summed E-state index contributed by atoms with van der Waals surface area (Å²) in [6.45, 7) is 7.80. The number of rotatable bonds is 5. The second kappa shape index (κ2) is 6.75. The molecule has 0 aromatic rings. The number of carboxylic acid groups (broad SMARTS) is 1. The van der Waals surface area contributed by atoms with Crippen molar-refractivity contribution in [2.24, 2.45) is 5.41 Å². The van der Waals surface area contributed by atoms with Crippen LogP contribution in [0.25, 0.3) is 0 Å². The van der Waals surface area contributed by atoms with E-state index >= 15 is 0 Å². The first-order valence-electron chi connectivity index (χ1n) is 6.87. The van der Waals surface area contributed by atoms with Crippen molar-refractivity contribution in [1.29, 1.82) is 0 Å². The van der Waals surface area contributed by atoms with Crippen LogP contribution in [0.5, 0.6) is 0 Å². The lowest BCUT2D eigenvalue weighted by Crippen LogP contribution is -2.51. The Bertz CT molecular complexity index is 325. The molecule has 1 heterocycles. The lowest BCUT2D eigenvalue weighted by molar-refractivity contribution is -0.146. The Balaban J connectivity index is 2.52. The number of carbonyl (C=O) groups excluding carboxylic acids is 1. The van der Waals surface area contributed by atoms with Crippen LogP contribution >= 0.6 is 0 Å². The molecule has 1 aliphatic rings. The number of piperidine rings is 1. The van der Waals surface area contributed by atoms with E-state index in [-0.39, 0.29) is 18.6 Å². The molecule has 110 valence electrons. The Kier molecular flexibility index (Phi) is 5.60. The predicted octanol–water partition coefficient (Wildman–Crippen LogP) is 0.881. The summed E-state index contributed by atoms with van der Waals surface area (Å²) < 4.78 is 0. The summed E-state index contributed by atoms with van der Waals surface area (Å²) in [5.41, 5.74) is -0.941. The van der Waals surface area contributed by atoms with Crippen LogP contribution in [0.2, 0.25) is 0 Å². The van der Waals surface area contributed by atoms with Crippen LogP contribution in [-0.4, -0.2) is 54.2 Å². The molecule has 0 atom stereocenters. The van der Waals surface area contributed by atoms with E-state index in [1.54, 1.807) is 18.7 Å². The minimum Gasteiger partial charge on any atom is -0.481 e. The number of aliphatic carboxylic acids is 1. The van der Waals surface area contributed by atoms with Gasteiger partial charge >= 0.3 is 12.0 Å². The van der Waals surface area contributed by atoms with Gasteiger partial charge in [-0.15, -0.1) is 0 Å². The Labute approximate surface area is 114 Å². The fourth-order valence-corrected chi connectivity index (χ4v) is 2.16. The molecule has 1 aliphatic heterocycles. The number of hydrogen-bond acceptors (Lipinski definition) is 3. The minimum atomic E-state index is -0.941. The van der Waals surface area contributed by atoms with E-state index in [1.807, 2.05) is 6.92 Å². The smallest absolute Gasteiger partial charge is 0.317 e. The van der Waals surface area contributed by atoms with Gasteiger partial charge in [-0.1, -0.05) is 0 Å². The molecule has 1 fully saturated rings. The molecule has 1 saturated heterocycles. The van der Waals surface area contributed by atoms with E-state index < -0.39 is 11.4 Å². The second-order valence-corrected chi connectivity index (χ2v) is 5.61. The van der Waals surface area contributed by atoms with E-state index in [0.29, 0.717) is 6.54 Å². The average Bonchev–Trinajstić information content (AvgIpc) is 2.38. The topological polar surface area (TPSA) is 81.7 Å². The number of amides is 2. The number of hydrogen-bond donors (Lipinski definition) is 3. The van der Waals surface area contributed by atoms with Gasteiger partial charge in [0.2, 0.25) is 0 Å². The third kappa shape index (κ3) is 4.38. The van der Waals surface area contributed by atoms with Crippen molar-refractivity contribution in [1.82, 2.24) is 15.5 Å². The number of carbonyl (C=O) groups is 2. The van der Waals surface area contributed by atoms with Crippen molar-refractivity contribution in [3.8, 4) is 0 Å². The van der Waals surface area contributed by atoms with Crippen molar-refractivity contribution in [2.75, 3.05) is 26.2 Å². The summed E-state index contributed by atoms with van der Waals surface area (Å²) >= 11 is 0. The first-order chi connectivity index (χ1) is 8.88. The maximum Gasteiger partial charge on any atom is 0.317 e. The zero-order valence-corrected chi connectivity index (χ0v) is 12.0. The molecule has 0 bridgehead atoms. The summed E-state index contributed by atoms with van der Waals surface area (Å²) in [4.78, 5) is 25.0. The summed E-state index contributed by atoms with van der Waals surface area (Å²) in [5.74, 6) is -0.905. The molecule has 2 amide bonds. The van der Waals surface area contributed by atoms with Crippen LogP contribution in [0, 0.1) is 5.41 Å². The highest BCUT2D eigenvalue weighted by Crippen LogP contribution is 2.15. The minimum absolute atomic E-state index is 0.142. The van der Waals surface area contributed by atoms with Crippen molar-refractivity contribution in [3.05, 3.63) is 0 Å².